The highest BCUT2D eigenvalue weighted by Crippen LogP contribution is 2.35. The number of carbonyl (C=O) groups is 4. The third kappa shape index (κ3) is 48.0. The summed E-state index contributed by atoms with van der Waals surface area (Å²) in [6.07, 6.45) is 56.4. The zero-order valence-corrected chi connectivity index (χ0v) is 75.1. The molecular formula is C93H111Cl8N13O6. The predicted molar refractivity (Wildman–Crippen MR) is 514 cm³/mol. The largest absolute Gasteiger partial charge is 0.481 e. The molecular weight excluding hydrogens is 1680 g/mol. The Labute approximate surface area is 748 Å². The van der Waals surface area contributed by atoms with E-state index < -0.39 is 18.0 Å². The quantitative estimate of drug-likeness (QED) is 0.00474. The van der Waals surface area contributed by atoms with Crippen LogP contribution in [-0.2, 0) is 9.59 Å². The molecule has 0 saturated heterocycles. The van der Waals surface area contributed by atoms with E-state index in [-0.39, 0.29) is 42.3 Å². The Kier molecular flexibility index (Phi) is 56.7. The predicted octanol–water partition coefficient (Wildman–Crippen LogP) is 28.0. The first-order valence-corrected chi connectivity index (χ1v) is 41.8. The number of allylic oxidation sites excluding steroid dienone is 20. The molecule has 0 unspecified atom stereocenters. The van der Waals surface area contributed by atoms with Crippen LogP contribution in [0.15, 0.2) is 269 Å². The van der Waals surface area contributed by atoms with Crippen LogP contribution < -0.4 is 49.5 Å². The summed E-state index contributed by atoms with van der Waals surface area (Å²) in [5, 5.41) is 27.9. The summed E-state index contributed by atoms with van der Waals surface area (Å²) in [6, 6.07) is 36.2. The first-order valence-electron chi connectivity index (χ1n) is 38.8. The van der Waals surface area contributed by atoms with E-state index in [0.717, 1.165) is 123 Å². The molecule has 7 rings (SSSR count). The Morgan fingerprint density at radius 1 is 0.358 bits per heavy atom. The lowest BCUT2D eigenvalue weighted by Gasteiger charge is -2.15. The van der Waals surface area contributed by atoms with Gasteiger partial charge in [-0.3, -0.25) is 25.5 Å². The minimum absolute atomic E-state index is 0.0648. The van der Waals surface area contributed by atoms with Crippen molar-refractivity contribution < 1.29 is 24.3 Å². The number of carboxylic acids is 1. The molecule has 640 valence electrons. The maximum atomic E-state index is 12.9. The minimum atomic E-state index is -0.715. The number of hydrogen-bond donors (Lipinski definition) is 10. The van der Waals surface area contributed by atoms with Gasteiger partial charge in [-0.1, -0.05) is 307 Å². The van der Waals surface area contributed by atoms with Crippen LogP contribution in [0.4, 0.5) is 49.4 Å². The molecule has 0 aliphatic rings. The molecule has 19 nitrogen and oxygen atoms in total. The van der Waals surface area contributed by atoms with Gasteiger partial charge in [0.05, 0.1) is 45.9 Å². The van der Waals surface area contributed by atoms with Crippen LogP contribution in [-0.4, -0.2) is 46.9 Å². The van der Waals surface area contributed by atoms with Crippen LogP contribution in [0, 0.1) is 46.4 Å². The third-order valence-corrected chi connectivity index (χ3v) is 18.6. The number of urea groups is 2. The highest BCUT2D eigenvalue weighted by atomic mass is 35.5. The van der Waals surface area contributed by atoms with Crippen molar-refractivity contribution in [3.05, 3.63) is 327 Å². The number of aryl methyl sites for hydroxylation is 6. The molecule has 27 heteroatoms. The van der Waals surface area contributed by atoms with E-state index in [4.69, 9.17) is 121 Å². The Morgan fingerprint density at radius 3 is 0.950 bits per heavy atom. The van der Waals surface area contributed by atoms with Crippen LogP contribution in [0.25, 0.3) is 0 Å². The average molecular weight is 1790 g/mol. The van der Waals surface area contributed by atoms with Gasteiger partial charge < -0.3 is 38.7 Å². The molecule has 0 bridgehead atoms. The maximum absolute atomic E-state index is 12.9. The number of carboxylic acid groups (broad SMARTS) is 1. The number of carbonyl (C=O) groups excluding carboxylic acids is 3. The lowest BCUT2D eigenvalue weighted by Crippen LogP contribution is -2.45. The summed E-state index contributed by atoms with van der Waals surface area (Å²) >= 11 is 47.3. The Bertz CT molecular complexity index is 4630. The number of aliphatic carboxylic acids is 1. The molecule has 0 saturated carbocycles. The maximum Gasteiger partial charge on any atom is 0.326 e. The SMILES string of the molecule is CC/C=C\C/C=C\C/C=C\C/C=C\C/C=C\CCCC(=O)NC(=Nc1c(Cl)cccc1Cl)NC(=O)Nc1c(C)cccc1C.CC/C=C\C/C=C\C/C=C\C/C=C\C/C=C\CCCC(=O)O.Cc1cccc(C)c1N=O.Cc1cccc(C)c1NC(=O)NC(N)=Nc1c(Cl)cccc1Cl.NC(N)=Nc1c(Cl)cccc1Cl.Nc1c(Cl)cccc1Cl. The van der Waals surface area contributed by atoms with Crippen LogP contribution >= 0.6 is 92.8 Å². The fourth-order valence-electron chi connectivity index (χ4n) is 9.94. The van der Waals surface area contributed by atoms with Gasteiger partial charge in [-0.05, 0) is 219 Å². The van der Waals surface area contributed by atoms with Gasteiger partial charge in [0.15, 0.2) is 5.96 Å². The van der Waals surface area contributed by atoms with Crippen molar-refractivity contribution in [2.75, 3.05) is 16.4 Å². The van der Waals surface area contributed by atoms with Gasteiger partial charge in [0, 0.05) is 24.2 Å². The summed E-state index contributed by atoms with van der Waals surface area (Å²) in [4.78, 5) is 70.3. The fraction of sp³-hybridized carbons (Fsp3) is 0.258. The van der Waals surface area contributed by atoms with Crippen molar-refractivity contribution in [2.45, 2.75) is 158 Å². The van der Waals surface area contributed by atoms with Gasteiger partial charge in [-0.2, -0.15) is 0 Å². The second-order valence-corrected chi connectivity index (χ2v) is 29.3. The van der Waals surface area contributed by atoms with E-state index in [1.54, 1.807) is 72.8 Å². The van der Waals surface area contributed by atoms with Gasteiger partial charge in [0.25, 0.3) is 0 Å². The summed E-state index contributed by atoms with van der Waals surface area (Å²) in [6.45, 7) is 15.7. The molecule has 0 aliphatic heterocycles. The number of nitrogens with zero attached hydrogens (tertiary/aromatic N) is 4. The zero-order valence-electron chi connectivity index (χ0n) is 69.1. The molecule has 0 aromatic heterocycles. The standard InChI is InChI=1S/C36H44Cl2N4O2.C20H30O2.C16H16Cl2N4O.C8H9NO.C7H7Cl2N3.C6H5Cl2N/c1-4-5-6-7-8-9-10-11-12-13-14-15-16-17-18-19-20-27-32(43)39-35(40-34-30(37)25-22-26-31(34)38)42-36(44)41-33-28(2)23-21-24-29(33)3;1-2-3-4-5-6-7-8-9-10-11-12-13-14-15-16-17-18-19-20(21)22;1-9-5-3-6-10(2)13(9)21-16(23)22-15(19)20-14-11(17)7-4-8-12(14)18;1-6-4-3-5-7(2)8(6)9-10;8-4-2-1-3-5(9)6(4)12-7(10)11;7-4-2-1-3-5(8)6(4)9/h5-6,8-9,11-12,14-15,17-18,21-26H,4,7,10,13,16,19-20,27H2,1-3H3,(H3,39,40,41,42,43,44);3-4,6-7,9-10,12-13,15-16H,2,5,8,11,14,17-19H2,1H3,(H,21,22);3-8H,1-2H3,(H4,19,20,21,22,23);3-5H,1-2H3;1-3H,(H4,10,11,12);1-3H,9H2/b6-5-,9-8-,12-11-,15-14-,18-17-;4-3-,7-6-,10-9-,13-12-,16-15-;;;;. The number of anilines is 3. The number of nitroso groups, excluding NO2 is 1. The number of unbranched alkanes of at least 4 members (excludes halogenated alkanes) is 2. The van der Waals surface area contributed by atoms with E-state index in [0.29, 0.717) is 75.0 Å². The molecule has 0 fully saturated rings. The van der Waals surface area contributed by atoms with Crippen LogP contribution in [0.2, 0.25) is 40.2 Å². The van der Waals surface area contributed by atoms with E-state index >= 15 is 0 Å². The van der Waals surface area contributed by atoms with E-state index in [1.165, 1.54) is 0 Å². The number of guanidine groups is 3. The first-order chi connectivity index (χ1) is 57.5. The van der Waals surface area contributed by atoms with Crippen molar-refractivity contribution in [3.8, 4) is 0 Å². The van der Waals surface area contributed by atoms with Crippen molar-refractivity contribution in [2.24, 2.45) is 37.4 Å². The van der Waals surface area contributed by atoms with Crippen molar-refractivity contribution >= 4 is 174 Å². The van der Waals surface area contributed by atoms with Gasteiger partial charge in [0.1, 0.15) is 22.7 Å². The van der Waals surface area contributed by atoms with Crippen LogP contribution in [0.1, 0.15) is 150 Å². The Morgan fingerprint density at radius 2 is 0.642 bits per heavy atom. The number of rotatable bonds is 32. The summed E-state index contributed by atoms with van der Waals surface area (Å²) < 4.78 is 0. The van der Waals surface area contributed by atoms with Gasteiger partial charge in [0.2, 0.25) is 17.8 Å². The number of benzene rings is 7. The molecule has 7 aromatic rings. The topological polar surface area (TPSA) is 319 Å². The zero-order chi connectivity index (χ0) is 88.8. The number of para-hydroxylation sites is 6. The number of nitrogens with one attached hydrogen (secondary N) is 5. The molecule has 0 aliphatic carbocycles. The van der Waals surface area contributed by atoms with Crippen molar-refractivity contribution in [1.29, 1.82) is 0 Å². The minimum Gasteiger partial charge on any atom is -0.481 e. The fourth-order valence-corrected chi connectivity index (χ4v) is 11.8. The summed E-state index contributed by atoms with van der Waals surface area (Å²) in [7, 11) is 0. The molecule has 0 heterocycles. The summed E-state index contributed by atoms with van der Waals surface area (Å²) in [5.41, 5.74) is 30.5. The van der Waals surface area contributed by atoms with Crippen LogP contribution in [0.5, 0.6) is 0 Å². The lowest BCUT2D eigenvalue weighted by atomic mass is 10.1. The molecule has 14 N–H and O–H groups in total. The van der Waals surface area contributed by atoms with Crippen LogP contribution in [0.3, 0.4) is 0 Å². The smallest absolute Gasteiger partial charge is 0.326 e. The van der Waals surface area contributed by atoms with Gasteiger partial charge in [-0.25, -0.2) is 24.6 Å². The second kappa shape index (κ2) is 64.5. The number of nitrogen functional groups attached to an aromatic ring is 1. The lowest BCUT2D eigenvalue weighted by molar-refractivity contribution is -0.137. The number of nitrogens with two attached hydrogens (primary N) is 4. The van der Waals surface area contributed by atoms with Crippen molar-refractivity contribution in [3.63, 3.8) is 0 Å². The molecule has 0 atom stereocenters. The number of hydrogen-bond acceptors (Lipinski definition) is 10. The highest BCUT2D eigenvalue weighted by molar-refractivity contribution is 6.41. The van der Waals surface area contributed by atoms with E-state index in [9.17, 15) is 24.1 Å². The molecule has 0 radical (unpaired) electrons. The normalized spacial score (nSPS) is 11.5. The van der Waals surface area contributed by atoms with Crippen molar-refractivity contribution in [1.82, 2.24) is 16.0 Å². The Balaban J connectivity index is 0.000000539. The second-order valence-electron chi connectivity index (χ2n) is 26.0. The molecule has 0 spiro atoms. The number of amides is 5. The van der Waals surface area contributed by atoms with E-state index in [2.05, 4.69) is 182 Å². The van der Waals surface area contributed by atoms with Gasteiger partial charge in [-0.15, -0.1) is 4.91 Å². The summed E-state index contributed by atoms with van der Waals surface area (Å²) in [5.74, 6) is -1.24. The monoisotopic (exact) mass is 1790 g/mol. The average Bonchev–Trinajstić information content (AvgIpc) is 0.806. The molecule has 5 amide bonds. The highest BCUT2D eigenvalue weighted by Gasteiger charge is 2.16. The third-order valence-electron chi connectivity index (χ3n) is 16.1. The number of halogens is 8. The van der Waals surface area contributed by atoms with E-state index in [1.807, 2.05) is 96.1 Å². The first kappa shape index (κ1) is 106. The Hall–Kier alpha value is -10.5. The molecule has 120 heavy (non-hydrogen) atoms. The molecule has 7 aromatic carbocycles. The number of aliphatic imine (C=N–C) groups is 3. The van der Waals surface area contributed by atoms with Gasteiger partial charge >= 0.3 is 18.0 Å².